The van der Waals surface area contributed by atoms with E-state index in [1.54, 1.807) is 44.4 Å². The van der Waals surface area contributed by atoms with E-state index < -0.39 is 78.4 Å². The maximum Gasteiger partial charge on any atom is 0.410 e. The van der Waals surface area contributed by atoms with Gasteiger partial charge in [-0.15, -0.1) is 0 Å². The second-order valence-corrected chi connectivity index (χ2v) is 17.4. The van der Waals surface area contributed by atoms with Gasteiger partial charge in [-0.3, -0.25) is 0 Å². The first kappa shape index (κ1) is 48.3. The van der Waals surface area contributed by atoms with Crippen LogP contribution in [0.1, 0.15) is 118 Å². The summed E-state index contributed by atoms with van der Waals surface area (Å²) in [4.78, 5) is 70.1. The molecule has 0 aromatic carbocycles. The molecule has 0 aromatic rings. The number of carbonyl (C=O) groups is 5. The second kappa shape index (κ2) is 19.9. The number of ether oxygens (including phenoxy) is 5. The summed E-state index contributed by atoms with van der Waals surface area (Å²) in [6.45, 7) is 33.0. The van der Waals surface area contributed by atoms with Gasteiger partial charge in [0.25, 0.3) is 0 Å². The molecule has 0 unspecified atom stereocenters. The molecule has 3 atom stereocenters. The van der Waals surface area contributed by atoms with Gasteiger partial charge in [0.15, 0.2) is 0 Å². The van der Waals surface area contributed by atoms with Gasteiger partial charge >= 0.3 is 30.3 Å². The number of rotatable bonds is 16. The van der Waals surface area contributed by atoms with Crippen molar-refractivity contribution in [2.45, 2.75) is 158 Å². The molecular weight excluding hydrogens is 672 g/mol. The van der Waals surface area contributed by atoms with E-state index in [0.717, 1.165) is 0 Å². The fourth-order valence-electron chi connectivity index (χ4n) is 5.09. The van der Waals surface area contributed by atoms with E-state index in [2.05, 4.69) is 17.2 Å². The van der Waals surface area contributed by atoms with Gasteiger partial charge in [0.2, 0.25) is 0 Å². The molecule has 0 heterocycles. The Kier molecular flexibility index (Phi) is 18.5. The quantitative estimate of drug-likeness (QED) is 0.0933. The number of esters is 1. The molecule has 0 aliphatic carbocycles. The summed E-state index contributed by atoms with van der Waals surface area (Å²) in [6, 6.07) is -1.56. The molecule has 0 saturated heterocycles. The number of nitrogens with zero attached hydrogens (tertiary/aromatic N) is 2. The molecule has 14 heteroatoms. The van der Waals surface area contributed by atoms with Gasteiger partial charge in [0.1, 0.15) is 43.6 Å². The summed E-state index contributed by atoms with van der Waals surface area (Å²) >= 11 is 0. The Balaban J connectivity index is 6.94. The lowest BCUT2D eigenvalue weighted by molar-refractivity contribution is -0.158. The van der Waals surface area contributed by atoms with Crippen LogP contribution in [0.4, 0.5) is 19.2 Å². The van der Waals surface area contributed by atoms with Crippen molar-refractivity contribution in [3.8, 4) is 0 Å². The van der Waals surface area contributed by atoms with Crippen molar-refractivity contribution < 1.29 is 47.7 Å². The number of amides is 4. The smallest absolute Gasteiger partial charge is 0.410 e. The first-order valence-corrected chi connectivity index (χ1v) is 18.1. The summed E-state index contributed by atoms with van der Waals surface area (Å²) in [5, 5.41) is 5.16. The Bertz CT molecular complexity index is 1150. The lowest BCUT2D eigenvalue weighted by Crippen LogP contribution is -2.62. The third-order valence-electron chi connectivity index (χ3n) is 8.31. The third-order valence-corrected chi connectivity index (χ3v) is 8.31. The Labute approximate surface area is 313 Å². The van der Waals surface area contributed by atoms with Crippen LogP contribution in [0, 0.1) is 17.8 Å². The van der Waals surface area contributed by atoms with E-state index in [1.807, 2.05) is 83.1 Å². The highest BCUT2D eigenvalue weighted by atomic mass is 16.6. The molecule has 0 fully saturated rings. The van der Waals surface area contributed by atoms with E-state index in [-0.39, 0.29) is 36.4 Å². The SMILES string of the molecule is C=CCOC(=O)NC(COC(=O)N[C@H](C(=O)OC(C)(C)C)C(C)C)(COC(=O)N([C@@H](C)C(C)C)C(C)(C)C)COC(=O)N([C@@H](C)C(C)C)C(C)(C)C. The Morgan fingerprint density at radius 3 is 1.35 bits per heavy atom. The van der Waals surface area contributed by atoms with Crippen LogP contribution in [-0.4, -0.2) is 107 Å². The predicted octanol–water partition coefficient (Wildman–Crippen LogP) is 7.29. The van der Waals surface area contributed by atoms with Crippen LogP contribution >= 0.6 is 0 Å². The number of hydrogen-bond acceptors (Lipinski definition) is 10. The van der Waals surface area contributed by atoms with Crippen molar-refractivity contribution >= 4 is 30.3 Å². The van der Waals surface area contributed by atoms with E-state index in [1.165, 1.54) is 6.08 Å². The number of alkyl carbamates (subject to hydrolysis) is 2. The van der Waals surface area contributed by atoms with Crippen molar-refractivity contribution in [1.29, 1.82) is 0 Å². The molecule has 2 N–H and O–H groups in total. The molecular formula is C38H70N4O10. The summed E-state index contributed by atoms with van der Waals surface area (Å²) in [7, 11) is 0. The van der Waals surface area contributed by atoms with E-state index in [0.29, 0.717) is 0 Å². The van der Waals surface area contributed by atoms with Crippen molar-refractivity contribution in [1.82, 2.24) is 20.4 Å². The summed E-state index contributed by atoms with van der Waals surface area (Å²) in [5.74, 6) is -0.898. The Morgan fingerprint density at radius 1 is 0.615 bits per heavy atom. The minimum absolute atomic E-state index is 0.0710. The van der Waals surface area contributed by atoms with Crippen LogP contribution in [0.25, 0.3) is 0 Å². The largest absolute Gasteiger partial charge is 0.458 e. The van der Waals surface area contributed by atoms with Crippen molar-refractivity contribution in [2.75, 3.05) is 26.4 Å². The molecule has 0 rings (SSSR count). The van der Waals surface area contributed by atoms with Gasteiger partial charge in [0, 0.05) is 23.2 Å². The van der Waals surface area contributed by atoms with Gasteiger partial charge in [-0.05, 0) is 93.9 Å². The Hall–Kier alpha value is -3.71. The molecule has 0 bridgehead atoms. The van der Waals surface area contributed by atoms with Gasteiger partial charge in [-0.2, -0.15) is 0 Å². The predicted molar refractivity (Wildman–Crippen MR) is 201 cm³/mol. The minimum atomic E-state index is -1.85. The van der Waals surface area contributed by atoms with Gasteiger partial charge in [-0.25, -0.2) is 24.0 Å². The topological polar surface area (TPSA) is 162 Å². The molecule has 0 aliphatic rings. The lowest BCUT2D eigenvalue weighted by atomic mass is 9.97. The lowest BCUT2D eigenvalue weighted by Gasteiger charge is -2.43. The first-order valence-electron chi connectivity index (χ1n) is 18.1. The molecule has 0 aromatic heterocycles. The van der Waals surface area contributed by atoms with Gasteiger partial charge in [-0.1, -0.05) is 54.2 Å². The molecule has 0 radical (unpaired) electrons. The first-order chi connectivity index (χ1) is 23.5. The van der Waals surface area contributed by atoms with Crippen molar-refractivity contribution in [3.05, 3.63) is 12.7 Å². The average Bonchev–Trinajstić information content (AvgIpc) is 2.96. The number of hydrogen-bond donors (Lipinski definition) is 2. The number of nitrogens with one attached hydrogen (secondary N) is 2. The van der Waals surface area contributed by atoms with Crippen LogP contribution in [0.2, 0.25) is 0 Å². The highest BCUT2D eigenvalue weighted by molar-refractivity contribution is 5.82. The summed E-state index contributed by atoms with van der Waals surface area (Å²) < 4.78 is 28.0. The zero-order valence-electron chi connectivity index (χ0n) is 35.1. The molecule has 14 nitrogen and oxygen atoms in total. The van der Waals surface area contributed by atoms with Crippen LogP contribution in [0.3, 0.4) is 0 Å². The highest BCUT2D eigenvalue weighted by Gasteiger charge is 2.43. The molecule has 0 aliphatic heterocycles. The molecule has 4 amide bonds. The maximum absolute atomic E-state index is 13.8. The fraction of sp³-hybridized carbons (Fsp3) is 0.816. The third kappa shape index (κ3) is 16.3. The van der Waals surface area contributed by atoms with Crippen LogP contribution in [0.5, 0.6) is 0 Å². The maximum atomic E-state index is 13.8. The summed E-state index contributed by atoms with van der Waals surface area (Å²) in [6.07, 6.45) is -2.05. The minimum Gasteiger partial charge on any atom is -0.458 e. The van der Waals surface area contributed by atoms with Gasteiger partial charge in [0.05, 0.1) is 0 Å². The zero-order valence-corrected chi connectivity index (χ0v) is 35.1. The van der Waals surface area contributed by atoms with Crippen molar-refractivity contribution in [2.24, 2.45) is 17.8 Å². The molecule has 302 valence electrons. The highest BCUT2D eigenvalue weighted by Crippen LogP contribution is 2.26. The standard InChI is InChI=1S/C38H70N4O10/c1-19-20-48-32(45)40-38(22-50-33(46)41(35(10,11)12)27(8)24(2)3,23-51-34(47)42(36(13,14)15)28(9)25(4)5)21-49-31(44)39-29(26(6)7)30(43)52-37(16,17)18/h19,24-29H,1,20-23H2,2-18H3,(H,39,44)(H,40,45)/t27-,28-,29-/m0/s1. The summed E-state index contributed by atoms with van der Waals surface area (Å²) in [5.41, 5.74) is -3.97. The molecule has 0 saturated carbocycles. The zero-order chi connectivity index (χ0) is 41.0. The van der Waals surface area contributed by atoms with E-state index >= 15 is 0 Å². The second-order valence-electron chi connectivity index (χ2n) is 17.4. The van der Waals surface area contributed by atoms with Crippen LogP contribution in [-0.2, 0) is 28.5 Å². The fourth-order valence-corrected chi connectivity index (χ4v) is 5.09. The molecule has 0 spiro atoms. The number of carbonyl (C=O) groups excluding carboxylic acids is 5. The van der Waals surface area contributed by atoms with E-state index in [4.69, 9.17) is 23.7 Å². The molecule has 52 heavy (non-hydrogen) atoms. The average molecular weight is 743 g/mol. The Morgan fingerprint density at radius 2 is 1.02 bits per heavy atom. The normalized spacial score (nSPS) is 14.2. The van der Waals surface area contributed by atoms with Gasteiger partial charge < -0.3 is 44.1 Å². The van der Waals surface area contributed by atoms with Crippen LogP contribution in [0.15, 0.2) is 12.7 Å². The van der Waals surface area contributed by atoms with Crippen LogP contribution < -0.4 is 10.6 Å². The van der Waals surface area contributed by atoms with E-state index in [9.17, 15) is 24.0 Å². The monoisotopic (exact) mass is 743 g/mol. The van der Waals surface area contributed by atoms with Crippen molar-refractivity contribution in [3.63, 3.8) is 0 Å².